The van der Waals surface area contributed by atoms with Crippen LogP contribution in [-0.2, 0) is 0 Å². The van der Waals surface area contributed by atoms with Crippen LogP contribution < -0.4 is 5.73 Å². The lowest BCUT2D eigenvalue weighted by Crippen LogP contribution is -2.53. The maximum Gasteiger partial charge on any atom is 0.0502 e. The van der Waals surface area contributed by atoms with E-state index in [1.54, 1.807) is 0 Å². The Morgan fingerprint density at radius 3 is 2.64 bits per heavy atom. The second kappa shape index (κ2) is 3.80. The largest absolute Gasteiger partial charge is 0.396 e. The summed E-state index contributed by atoms with van der Waals surface area (Å²) in [5, 5.41) is 9.44. The fraction of sp³-hybridized carbons (Fsp3) is 1.00. The minimum absolute atomic E-state index is 0.0792. The molecule has 2 fully saturated rings. The number of aliphatic hydroxyl groups is 1. The zero-order valence-corrected chi connectivity index (χ0v) is 9.08. The Hall–Kier alpha value is -0.120. The summed E-state index contributed by atoms with van der Waals surface area (Å²) in [5.41, 5.74) is 6.38. The van der Waals surface area contributed by atoms with Crippen LogP contribution in [0, 0.1) is 11.3 Å². The van der Waals surface area contributed by atoms with Gasteiger partial charge in [0.05, 0.1) is 6.61 Å². The third-order valence-corrected chi connectivity index (χ3v) is 4.31. The highest BCUT2D eigenvalue weighted by atomic mass is 16.3. The molecule has 2 unspecified atom stereocenters. The van der Waals surface area contributed by atoms with Crippen molar-refractivity contribution in [2.24, 2.45) is 17.1 Å². The molecular formula is C11H22N2O. The van der Waals surface area contributed by atoms with Gasteiger partial charge in [0, 0.05) is 18.0 Å². The smallest absolute Gasteiger partial charge is 0.0502 e. The third-order valence-electron chi connectivity index (χ3n) is 4.31. The molecular weight excluding hydrogens is 176 g/mol. The van der Waals surface area contributed by atoms with Gasteiger partial charge in [-0.1, -0.05) is 6.42 Å². The Morgan fingerprint density at radius 2 is 2.29 bits per heavy atom. The molecule has 1 heterocycles. The third kappa shape index (κ3) is 1.58. The molecule has 2 atom stereocenters. The first-order valence-corrected chi connectivity index (χ1v) is 5.73. The van der Waals surface area contributed by atoms with E-state index in [1.807, 2.05) is 0 Å². The highest BCUT2D eigenvalue weighted by Crippen LogP contribution is 2.45. The van der Waals surface area contributed by atoms with Crippen molar-refractivity contribution in [1.29, 1.82) is 0 Å². The first-order valence-electron chi connectivity index (χ1n) is 5.73. The minimum Gasteiger partial charge on any atom is -0.396 e. The molecule has 0 radical (unpaired) electrons. The van der Waals surface area contributed by atoms with Gasteiger partial charge < -0.3 is 15.7 Å². The second-order valence-electron chi connectivity index (χ2n) is 5.21. The molecule has 2 rings (SSSR count). The van der Waals surface area contributed by atoms with Crippen molar-refractivity contribution in [1.82, 2.24) is 4.90 Å². The summed E-state index contributed by atoms with van der Waals surface area (Å²) < 4.78 is 0. The normalized spacial score (nSPS) is 34.1. The van der Waals surface area contributed by atoms with Crippen molar-refractivity contribution >= 4 is 0 Å². The minimum atomic E-state index is 0.0792. The van der Waals surface area contributed by atoms with E-state index >= 15 is 0 Å². The van der Waals surface area contributed by atoms with Gasteiger partial charge in [-0.05, 0) is 38.8 Å². The molecule has 14 heavy (non-hydrogen) atoms. The van der Waals surface area contributed by atoms with Crippen LogP contribution in [0.2, 0.25) is 0 Å². The molecule has 82 valence electrons. The lowest BCUT2D eigenvalue weighted by Gasteiger charge is -2.47. The number of hydrogen-bond acceptors (Lipinski definition) is 3. The number of aliphatic hydroxyl groups excluding tert-OH is 1. The van der Waals surface area contributed by atoms with Crippen LogP contribution in [0.25, 0.3) is 0 Å². The Kier molecular flexibility index (Phi) is 2.82. The standard InChI is InChI=1S/C11H22N2O/c1-13-6-3-9(7-13)10(12)11(8-14)4-2-5-11/h9-10,14H,2-8,12H2,1H3. The maximum atomic E-state index is 9.44. The summed E-state index contributed by atoms with van der Waals surface area (Å²) >= 11 is 0. The summed E-state index contributed by atoms with van der Waals surface area (Å²) in [6.07, 6.45) is 4.71. The molecule has 0 aromatic carbocycles. The molecule has 3 N–H and O–H groups in total. The molecule has 3 heteroatoms. The summed E-state index contributed by atoms with van der Waals surface area (Å²) in [5.74, 6) is 0.604. The van der Waals surface area contributed by atoms with E-state index in [-0.39, 0.29) is 18.1 Å². The molecule has 0 amide bonds. The van der Waals surface area contributed by atoms with Crippen molar-refractivity contribution in [2.45, 2.75) is 31.7 Å². The SMILES string of the molecule is CN1CCC(C(N)C2(CO)CCC2)C1. The van der Waals surface area contributed by atoms with Gasteiger partial charge in [0.25, 0.3) is 0 Å². The predicted octanol–water partition coefficient (Wildman–Crippen LogP) is 0.428. The molecule has 0 bridgehead atoms. The van der Waals surface area contributed by atoms with Crippen molar-refractivity contribution in [3.63, 3.8) is 0 Å². The molecule has 0 aromatic rings. The fourth-order valence-electron chi connectivity index (χ4n) is 2.99. The highest BCUT2D eigenvalue weighted by Gasteiger charge is 2.45. The molecule has 2 aliphatic rings. The topological polar surface area (TPSA) is 49.5 Å². The predicted molar refractivity (Wildman–Crippen MR) is 56.9 cm³/mol. The van der Waals surface area contributed by atoms with E-state index in [0.717, 1.165) is 19.4 Å². The summed E-state index contributed by atoms with van der Waals surface area (Å²) in [6.45, 7) is 2.57. The van der Waals surface area contributed by atoms with Crippen molar-refractivity contribution in [3.8, 4) is 0 Å². The zero-order chi connectivity index (χ0) is 10.2. The highest BCUT2D eigenvalue weighted by molar-refractivity contribution is 5.00. The van der Waals surface area contributed by atoms with E-state index in [0.29, 0.717) is 5.92 Å². The van der Waals surface area contributed by atoms with E-state index in [1.165, 1.54) is 19.4 Å². The Morgan fingerprint density at radius 1 is 1.57 bits per heavy atom. The van der Waals surface area contributed by atoms with Crippen LogP contribution in [0.3, 0.4) is 0 Å². The van der Waals surface area contributed by atoms with E-state index in [9.17, 15) is 5.11 Å². The lowest BCUT2D eigenvalue weighted by molar-refractivity contribution is 0.00149. The summed E-state index contributed by atoms with van der Waals surface area (Å²) in [4.78, 5) is 2.34. The molecule has 0 spiro atoms. The average Bonchev–Trinajstić information content (AvgIpc) is 2.50. The van der Waals surface area contributed by atoms with Crippen LogP contribution in [0.15, 0.2) is 0 Å². The van der Waals surface area contributed by atoms with Gasteiger partial charge in [-0.3, -0.25) is 0 Å². The lowest BCUT2D eigenvalue weighted by atomic mass is 9.61. The van der Waals surface area contributed by atoms with E-state index in [2.05, 4.69) is 11.9 Å². The fourth-order valence-corrected chi connectivity index (χ4v) is 2.99. The van der Waals surface area contributed by atoms with Gasteiger partial charge in [0.15, 0.2) is 0 Å². The van der Waals surface area contributed by atoms with Gasteiger partial charge in [-0.15, -0.1) is 0 Å². The molecule has 1 aliphatic carbocycles. The van der Waals surface area contributed by atoms with Crippen LogP contribution in [0.5, 0.6) is 0 Å². The molecule has 1 aliphatic heterocycles. The molecule has 1 saturated carbocycles. The Bertz CT molecular complexity index is 198. The second-order valence-corrected chi connectivity index (χ2v) is 5.21. The summed E-state index contributed by atoms with van der Waals surface area (Å²) in [7, 11) is 2.15. The van der Waals surface area contributed by atoms with E-state index in [4.69, 9.17) is 5.73 Å². The number of hydrogen-bond donors (Lipinski definition) is 2. The molecule has 0 aromatic heterocycles. The monoisotopic (exact) mass is 198 g/mol. The number of nitrogens with two attached hydrogens (primary N) is 1. The van der Waals surface area contributed by atoms with Gasteiger partial charge in [0.1, 0.15) is 0 Å². The summed E-state index contributed by atoms with van der Waals surface area (Å²) in [6, 6.07) is 0.214. The maximum absolute atomic E-state index is 9.44. The molecule has 1 saturated heterocycles. The Balaban J connectivity index is 1.96. The zero-order valence-electron chi connectivity index (χ0n) is 9.08. The molecule has 3 nitrogen and oxygen atoms in total. The van der Waals surface area contributed by atoms with Gasteiger partial charge >= 0.3 is 0 Å². The van der Waals surface area contributed by atoms with E-state index < -0.39 is 0 Å². The van der Waals surface area contributed by atoms with Gasteiger partial charge in [-0.2, -0.15) is 0 Å². The van der Waals surface area contributed by atoms with Gasteiger partial charge in [-0.25, -0.2) is 0 Å². The van der Waals surface area contributed by atoms with Crippen molar-refractivity contribution in [3.05, 3.63) is 0 Å². The first-order chi connectivity index (χ1) is 6.68. The van der Waals surface area contributed by atoms with Crippen LogP contribution in [-0.4, -0.2) is 42.8 Å². The van der Waals surface area contributed by atoms with Crippen LogP contribution in [0.4, 0.5) is 0 Å². The number of nitrogens with zero attached hydrogens (tertiary/aromatic N) is 1. The first kappa shape index (κ1) is 10.4. The quantitative estimate of drug-likeness (QED) is 0.691. The van der Waals surface area contributed by atoms with Crippen LogP contribution in [0.1, 0.15) is 25.7 Å². The van der Waals surface area contributed by atoms with Crippen molar-refractivity contribution < 1.29 is 5.11 Å². The number of likely N-dealkylation sites (tertiary alicyclic amines) is 1. The van der Waals surface area contributed by atoms with Crippen LogP contribution >= 0.6 is 0 Å². The Labute approximate surface area is 86.3 Å². The average molecular weight is 198 g/mol. The van der Waals surface area contributed by atoms with Gasteiger partial charge in [0.2, 0.25) is 0 Å². The number of rotatable bonds is 3. The van der Waals surface area contributed by atoms with Crippen molar-refractivity contribution in [2.75, 3.05) is 26.7 Å².